The van der Waals surface area contributed by atoms with Crippen LogP contribution in [0.3, 0.4) is 0 Å². The predicted molar refractivity (Wildman–Crippen MR) is 94.8 cm³/mol. The summed E-state index contributed by atoms with van der Waals surface area (Å²) in [5.74, 6) is -0.135. The van der Waals surface area contributed by atoms with Gasteiger partial charge in [0.2, 0.25) is 0 Å². The average Bonchev–Trinajstić information content (AvgIpc) is 3.14. The third-order valence-corrected chi connectivity index (χ3v) is 4.16. The molecule has 0 radical (unpaired) electrons. The van der Waals surface area contributed by atoms with Crippen molar-refractivity contribution in [1.29, 1.82) is 0 Å². The summed E-state index contributed by atoms with van der Waals surface area (Å²) in [6.45, 7) is 7.22. The summed E-state index contributed by atoms with van der Waals surface area (Å²) in [6, 6.07) is 5.50. The molecule has 2 aromatic heterocycles. The van der Waals surface area contributed by atoms with E-state index in [9.17, 15) is 9.59 Å². The van der Waals surface area contributed by atoms with Gasteiger partial charge in [0.15, 0.2) is 11.9 Å². The van der Waals surface area contributed by atoms with E-state index in [0.717, 1.165) is 27.7 Å². The Kier molecular flexibility index (Phi) is 4.79. The van der Waals surface area contributed by atoms with Crippen molar-refractivity contribution < 1.29 is 23.3 Å². The molecule has 0 aliphatic rings. The van der Waals surface area contributed by atoms with E-state index < -0.39 is 18.0 Å². The number of carbonyl (C=O) groups excluding carboxylic acids is 2. The highest BCUT2D eigenvalue weighted by Gasteiger charge is 2.20. The average molecular weight is 356 g/mol. The van der Waals surface area contributed by atoms with Crippen LogP contribution in [0.2, 0.25) is 0 Å². The van der Waals surface area contributed by atoms with Crippen LogP contribution >= 0.6 is 0 Å². The number of nitrogens with one attached hydrogen (secondary N) is 1. The number of hydrogen-bond donors (Lipinski definition) is 1. The first-order valence-corrected chi connectivity index (χ1v) is 8.24. The summed E-state index contributed by atoms with van der Waals surface area (Å²) in [5.41, 5.74) is 3.69. The van der Waals surface area contributed by atoms with Gasteiger partial charge < -0.3 is 19.0 Å². The molecule has 1 amide bonds. The number of esters is 1. The number of rotatable bonds is 5. The fourth-order valence-electron chi connectivity index (χ4n) is 2.57. The molecule has 7 heteroatoms. The molecule has 1 N–H and O–H groups in total. The molecule has 0 saturated heterocycles. The lowest BCUT2D eigenvalue weighted by molar-refractivity contribution is -0.152. The largest absolute Gasteiger partial charge is 0.464 e. The van der Waals surface area contributed by atoms with Crippen LogP contribution in [0.4, 0.5) is 5.82 Å². The Balaban J connectivity index is 1.63. The van der Waals surface area contributed by atoms with Crippen molar-refractivity contribution in [3.05, 3.63) is 46.9 Å². The number of hydrogen-bond acceptors (Lipinski definition) is 6. The van der Waals surface area contributed by atoms with Crippen LogP contribution in [-0.2, 0) is 20.7 Å². The number of aryl methyl sites for hydroxylation is 3. The van der Waals surface area contributed by atoms with Crippen LogP contribution in [0, 0.1) is 20.8 Å². The molecule has 0 aliphatic carbocycles. The van der Waals surface area contributed by atoms with E-state index in [2.05, 4.69) is 10.5 Å². The van der Waals surface area contributed by atoms with E-state index in [1.54, 1.807) is 19.3 Å². The Hall–Kier alpha value is -3.09. The molecule has 3 rings (SSSR count). The summed E-state index contributed by atoms with van der Waals surface area (Å²) in [6.07, 6.45) is 0.617. The Morgan fingerprint density at radius 1 is 1.19 bits per heavy atom. The van der Waals surface area contributed by atoms with E-state index >= 15 is 0 Å². The Morgan fingerprint density at radius 2 is 1.92 bits per heavy atom. The lowest BCUT2D eigenvalue weighted by Gasteiger charge is -2.12. The van der Waals surface area contributed by atoms with Crippen LogP contribution in [0.5, 0.6) is 0 Å². The standard InChI is InChI=1S/C19H20N2O5/c1-10-5-15-14(9-24-16(15)6-11(10)2)8-18(22)25-13(4)19(23)20-17-7-12(3)26-21-17/h5-7,9,13H,8H2,1-4H3,(H,20,21,23)/t13-/m1/s1. The summed E-state index contributed by atoms with van der Waals surface area (Å²) < 4.78 is 15.6. The van der Waals surface area contributed by atoms with E-state index in [1.165, 1.54) is 6.92 Å². The van der Waals surface area contributed by atoms with Gasteiger partial charge in [-0.25, -0.2) is 0 Å². The van der Waals surface area contributed by atoms with Crippen LogP contribution in [-0.4, -0.2) is 23.1 Å². The highest BCUT2D eigenvalue weighted by Crippen LogP contribution is 2.25. The van der Waals surface area contributed by atoms with E-state index in [4.69, 9.17) is 13.7 Å². The first-order chi connectivity index (χ1) is 12.3. The monoisotopic (exact) mass is 356 g/mol. The van der Waals surface area contributed by atoms with Gasteiger partial charge in [-0.3, -0.25) is 9.59 Å². The number of benzene rings is 1. The fourth-order valence-corrected chi connectivity index (χ4v) is 2.57. The molecule has 1 aromatic carbocycles. The zero-order valence-electron chi connectivity index (χ0n) is 15.1. The van der Waals surface area contributed by atoms with E-state index in [1.807, 2.05) is 26.0 Å². The lowest BCUT2D eigenvalue weighted by atomic mass is 10.0. The molecule has 0 fully saturated rings. The zero-order valence-corrected chi connectivity index (χ0v) is 15.1. The maximum absolute atomic E-state index is 12.2. The van der Waals surface area contributed by atoms with Gasteiger partial charge in [-0.1, -0.05) is 5.16 Å². The molecule has 1 atom stereocenters. The summed E-state index contributed by atoms with van der Waals surface area (Å²) in [4.78, 5) is 24.3. The fraction of sp³-hybridized carbons (Fsp3) is 0.316. The highest BCUT2D eigenvalue weighted by molar-refractivity contribution is 5.94. The van der Waals surface area contributed by atoms with Crippen molar-refractivity contribution in [2.75, 3.05) is 5.32 Å². The van der Waals surface area contributed by atoms with Gasteiger partial charge >= 0.3 is 5.97 Å². The quantitative estimate of drug-likeness (QED) is 0.704. The molecule has 0 aliphatic heterocycles. The third kappa shape index (κ3) is 3.77. The van der Waals surface area contributed by atoms with Crippen LogP contribution < -0.4 is 5.32 Å². The predicted octanol–water partition coefficient (Wildman–Crippen LogP) is 3.46. The van der Waals surface area contributed by atoms with Gasteiger partial charge in [-0.05, 0) is 51.0 Å². The second-order valence-corrected chi connectivity index (χ2v) is 6.31. The molecule has 3 aromatic rings. The Bertz CT molecular complexity index is 970. The second kappa shape index (κ2) is 7.03. The van der Waals surface area contributed by atoms with Gasteiger partial charge in [-0.15, -0.1) is 0 Å². The number of aromatic nitrogens is 1. The topological polar surface area (TPSA) is 94.6 Å². The van der Waals surface area contributed by atoms with Crippen LogP contribution in [0.25, 0.3) is 11.0 Å². The van der Waals surface area contributed by atoms with Gasteiger partial charge in [0.1, 0.15) is 11.3 Å². The number of fused-ring (bicyclic) bond motifs is 1. The molecular formula is C19H20N2O5. The van der Waals surface area contributed by atoms with Crippen molar-refractivity contribution in [2.24, 2.45) is 0 Å². The summed E-state index contributed by atoms with van der Waals surface area (Å²) in [7, 11) is 0. The van der Waals surface area contributed by atoms with Crippen molar-refractivity contribution in [2.45, 2.75) is 40.2 Å². The van der Waals surface area contributed by atoms with Crippen molar-refractivity contribution in [3.8, 4) is 0 Å². The van der Waals surface area contributed by atoms with E-state index in [-0.39, 0.29) is 12.2 Å². The van der Waals surface area contributed by atoms with E-state index in [0.29, 0.717) is 5.76 Å². The number of carbonyl (C=O) groups is 2. The molecular weight excluding hydrogens is 336 g/mol. The highest BCUT2D eigenvalue weighted by atomic mass is 16.5. The van der Waals surface area contributed by atoms with Crippen LogP contribution in [0.1, 0.15) is 29.4 Å². The van der Waals surface area contributed by atoms with Gasteiger partial charge in [0.05, 0.1) is 12.7 Å². The zero-order chi connectivity index (χ0) is 18.8. The number of amides is 1. The van der Waals surface area contributed by atoms with Gasteiger partial charge in [0, 0.05) is 17.0 Å². The SMILES string of the molecule is Cc1cc(NC(=O)[C@@H](C)OC(=O)Cc2coc3cc(C)c(C)cc23)no1. The summed E-state index contributed by atoms with van der Waals surface area (Å²) >= 11 is 0. The molecule has 0 unspecified atom stereocenters. The first kappa shape index (κ1) is 17.7. The number of nitrogens with zero attached hydrogens (tertiary/aromatic N) is 1. The molecule has 0 saturated carbocycles. The minimum Gasteiger partial charge on any atom is -0.464 e. The normalized spacial score (nSPS) is 12.2. The minimum atomic E-state index is -0.957. The molecule has 0 bridgehead atoms. The second-order valence-electron chi connectivity index (χ2n) is 6.31. The van der Waals surface area contributed by atoms with Crippen molar-refractivity contribution >= 4 is 28.7 Å². The maximum Gasteiger partial charge on any atom is 0.311 e. The lowest BCUT2D eigenvalue weighted by Crippen LogP contribution is -2.30. The minimum absolute atomic E-state index is 0.0240. The molecule has 2 heterocycles. The number of ether oxygens (including phenoxy) is 1. The van der Waals surface area contributed by atoms with Crippen molar-refractivity contribution in [1.82, 2.24) is 5.16 Å². The number of anilines is 1. The smallest absolute Gasteiger partial charge is 0.311 e. The number of furan rings is 1. The first-order valence-electron chi connectivity index (χ1n) is 8.24. The Morgan fingerprint density at radius 3 is 2.62 bits per heavy atom. The van der Waals surface area contributed by atoms with Gasteiger partial charge in [-0.2, -0.15) is 0 Å². The van der Waals surface area contributed by atoms with Crippen LogP contribution in [0.15, 0.2) is 33.4 Å². The Labute approximate surface area is 150 Å². The molecule has 136 valence electrons. The molecule has 7 nitrogen and oxygen atoms in total. The summed E-state index contributed by atoms with van der Waals surface area (Å²) in [5, 5.41) is 7.07. The third-order valence-electron chi connectivity index (χ3n) is 4.16. The molecule has 0 spiro atoms. The van der Waals surface area contributed by atoms with Crippen molar-refractivity contribution in [3.63, 3.8) is 0 Å². The van der Waals surface area contributed by atoms with Gasteiger partial charge in [0.25, 0.3) is 5.91 Å². The maximum atomic E-state index is 12.2. The molecule has 26 heavy (non-hydrogen) atoms.